The van der Waals surface area contributed by atoms with Gasteiger partial charge in [-0.3, -0.25) is 0 Å². The van der Waals surface area contributed by atoms with Gasteiger partial charge < -0.3 is 19.7 Å². The summed E-state index contributed by atoms with van der Waals surface area (Å²) in [7, 11) is 0. The van der Waals surface area contributed by atoms with Crippen LogP contribution in [-0.4, -0.2) is 18.4 Å². The van der Waals surface area contributed by atoms with Crippen LogP contribution in [0.3, 0.4) is 0 Å². The fraction of sp³-hybridized carbons (Fsp3) is 0.250. The number of fused-ring (bicyclic) bond motifs is 1. The molecule has 1 aliphatic rings. The van der Waals surface area contributed by atoms with Gasteiger partial charge in [0.15, 0.2) is 23.1 Å². The third-order valence-electron chi connectivity index (χ3n) is 2.75. The lowest BCUT2D eigenvalue weighted by atomic mass is 10.0. The van der Waals surface area contributed by atoms with Crippen LogP contribution < -0.4 is 15.2 Å². The second kappa shape index (κ2) is 3.69. The standard InChI is InChI=1S/C12H12N2O3/c1-7-8(10-6-11(13)14-17-10)2-3-9-12(7)16-5-4-15-9/h2-3,6H,4-5H2,1H3,(H2,13,14). The zero-order valence-electron chi connectivity index (χ0n) is 9.40. The first kappa shape index (κ1) is 10.0. The Balaban J connectivity index is 2.12. The van der Waals surface area contributed by atoms with Crippen LogP contribution in [0.4, 0.5) is 5.82 Å². The number of rotatable bonds is 1. The Morgan fingerprint density at radius 1 is 1.24 bits per heavy atom. The van der Waals surface area contributed by atoms with Gasteiger partial charge in [-0.25, -0.2) is 0 Å². The minimum absolute atomic E-state index is 0.370. The summed E-state index contributed by atoms with van der Waals surface area (Å²) < 4.78 is 16.3. The highest BCUT2D eigenvalue weighted by Gasteiger charge is 2.18. The molecular weight excluding hydrogens is 220 g/mol. The molecule has 0 radical (unpaired) electrons. The van der Waals surface area contributed by atoms with Crippen molar-refractivity contribution in [1.29, 1.82) is 0 Å². The molecule has 2 heterocycles. The van der Waals surface area contributed by atoms with Crippen molar-refractivity contribution >= 4 is 5.82 Å². The molecule has 1 aliphatic heterocycles. The number of nitrogens with two attached hydrogens (primary N) is 1. The van der Waals surface area contributed by atoms with E-state index in [0.29, 0.717) is 24.8 Å². The molecule has 0 amide bonds. The van der Waals surface area contributed by atoms with Gasteiger partial charge in [0.2, 0.25) is 0 Å². The molecule has 17 heavy (non-hydrogen) atoms. The molecule has 0 unspecified atom stereocenters. The Labute approximate surface area is 98.1 Å². The molecule has 0 fully saturated rings. The highest BCUT2D eigenvalue weighted by atomic mass is 16.6. The first-order valence-corrected chi connectivity index (χ1v) is 5.37. The number of aromatic nitrogens is 1. The fourth-order valence-corrected chi connectivity index (χ4v) is 1.94. The van der Waals surface area contributed by atoms with Gasteiger partial charge in [-0.1, -0.05) is 5.16 Å². The maximum atomic E-state index is 5.60. The quantitative estimate of drug-likeness (QED) is 0.814. The van der Waals surface area contributed by atoms with Crippen molar-refractivity contribution in [2.24, 2.45) is 0 Å². The van der Waals surface area contributed by atoms with Crippen molar-refractivity contribution in [1.82, 2.24) is 5.16 Å². The van der Waals surface area contributed by atoms with Crippen LogP contribution in [0.5, 0.6) is 11.5 Å². The van der Waals surface area contributed by atoms with E-state index in [1.165, 1.54) is 0 Å². The summed E-state index contributed by atoms with van der Waals surface area (Å²) in [6, 6.07) is 5.48. The van der Waals surface area contributed by atoms with Crippen molar-refractivity contribution in [3.63, 3.8) is 0 Å². The predicted octanol–water partition coefficient (Wildman–Crippen LogP) is 2.00. The Morgan fingerprint density at radius 2 is 2.06 bits per heavy atom. The lowest BCUT2D eigenvalue weighted by Crippen LogP contribution is -2.16. The minimum atomic E-state index is 0.370. The molecule has 3 rings (SSSR count). The average Bonchev–Trinajstić information content (AvgIpc) is 2.77. The van der Waals surface area contributed by atoms with Crippen molar-refractivity contribution in [3.8, 4) is 22.8 Å². The van der Waals surface area contributed by atoms with Gasteiger partial charge in [-0.05, 0) is 19.1 Å². The second-order valence-electron chi connectivity index (χ2n) is 3.88. The molecule has 5 nitrogen and oxygen atoms in total. The van der Waals surface area contributed by atoms with E-state index in [1.807, 2.05) is 19.1 Å². The van der Waals surface area contributed by atoms with Crippen LogP contribution in [0.25, 0.3) is 11.3 Å². The predicted molar refractivity (Wildman–Crippen MR) is 62.1 cm³/mol. The van der Waals surface area contributed by atoms with Gasteiger partial charge >= 0.3 is 0 Å². The third kappa shape index (κ3) is 1.60. The second-order valence-corrected chi connectivity index (χ2v) is 3.88. The number of ether oxygens (including phenoxy) is 2. The molecule has 0 saturated heterocycles. The van der Waals surface area contributed by atoms with Crippen LogP contribution in [0, 0.1) is 6.92 Å². The molecule has 0 saturated carbocycles. The maximum absolute atomic E-state index is 5.60. The molecule has 2 N–H and O–H groups in total. The lowest BCUT2D eigenvalue weighted by Gasteiger charge is -2.21. The summed E-state index contributed by atoms with van der Waals surface area (Å²) in [6.45, 7) is 3.11. The summed E-state index contributed by atoms with van der Waals surface area (Å²) in [5.41, 5.74) is 7.43. The summed E-state index contributed by atoms with van der Waals surface area (Å²) in [5.74, 6) is 2.54. The average molecular weight is 232 g/mol. The first-order chi connectivity index (χ1) is 8.25. The number of hydrogen-bond donors (Lipinski definition) is 1. The van der Waals surface area contributed by atoms with Crippen LogP contribution >= 0.6 is 0 Å². The summed E-state index contributed by atoms with van der Waals surface area (Å²) in [5, 5.41) is 3.68. The number of anilines is 1. The van der Waals surface area contributed by atoms with E-state index in [9.17, 15) is 0 Å². The highest BCUT2D eigenvalue weighted by Crippen LogP contribution is 2.39. The van der Waals surface area contributed by atoms with Crippen LogP contribution in [-0.2, 0) is 0 Å². The van der Waals surface area contributed by atoms with Crippen molar-refractivity contribution in [2.75, 3.05) is 18.9 Å². The summed E-state index contributed by atoms with van der Waals surface area (Å²) in [6.07, 6.45) is 0. The Bertz CT molecular complexity index is 563. The molecule has 0 spiro atoms. The summed E-state index contributed by atoms with van der Waals surface area (Å²) in [4.78, 5) is 0. The van der Waals surface area contributed by atoms with E-state index >= 15 is 0 Å². The van der Waals surface area contributed by atoms with Gasteiger partial charge in [0.05, 0.1) is 0 Å². The van der Waals surface area contributed by atoms with Crippen LogP contribution in [0.1, 0.15) is 5.56 Å². The number of benzene rings is 1. The smallest absolute Gasteiger partial charge is 0.169 e. The summed E-state index contributed by atoms with van der Waals surface area (Å²) >= 11 is 0. The van der Waals surface area contributed by atoms with Crippen molar-refractivity contribution in [3.05, 3.63) is 23.8 Å². The van der Waals surface area contributed by atoms with E-state index < -0.39 is 0 Å². The van der Waals surface area contributed by atoms with Crippen molar-refractivity contribution in [2.45, 2.75) is 6.92 Å². The van der Waals surface area contributed by atoms with E-state index in [2.05, 4.69) is 5.16 Å². The van der Waals surface area contributed by atoms with E-state index in [-0.39, 0.29) is 0 Å². The van der Waals surface area contributed by atoms with Crippen molar-refractivity contribution < 1.29 is 14.0 Å². The number of hydrogen-bond acceptors (Lipinski definition) is 5. The molecule has 5 heteroatoms. The molecule has 1 aromatic carbocycles. The van der Waals surface area contributed by atoms with E-state index in [1.54, 1.807) is 6.07 Å². The van der Waals surface area contributed by atoms with Gasteiger partial charge in [0.25, 0.3) is 0 Å². The van der Waals surface area contributed by atoms with Gasteiger partial charge in [0.1, 0.15) is 13.2 Å². The fourth-order valence-electron chi connectivity index (χ4n) is 1.94. The zero-order valence-corrected chi connectivity index (χ0v) is 9.40. The molecule has 0 aliphatic carbocycles. The van der Waals surface area contributed by atoms with E-state index in [0.717, 1.165) is 22.6 Å². The monoisotopic (exact) mass is 232 g/mol. The van der Waals surface area contributed by atoms with Gasteiger partial charge in [-0.15, -0.1) is 0 Å². The topological polar surface area (TPSA) is 70.5 Å². The Kier molecular flexibility index (Phi) is 2.18. The number of nitrogens with zero attached hydrogens (tertiary/aromatic N) is 1. The minimum Gasteiger partial charge on any atom is -0.486 e. The largest absolute Gasteiger partial charge is 0.486 e. The van der Waals surface area contributed by atoms with Crippen LogP contribution in [0.2, 0.25) is 0 Å². The highest BCUT2D eigenvalue weighted by molar-refractivity contribution is 5.69. The van der Waals surface area contributed by atoms with Gasteiger partial charge in [0, 0.05) is 17.2 Å². The third-order valence-corrected chi connectivity index (χ3v) is 2.75. The lowest BCUT2D eigenvalue weighted by molar-refractivity contribution is 0.170. The SMILES string of the molecule is Cc1c(-c2cc(N)no2)ccc2c1OCCO2. The Hall–Kier alpha value is -2.17. The maximum Gasteiger partial charge on any atom is 0.169 e. The molecule has 0 atom stereocenters. The van der Waals surface area contributed by atoms with E-state index in [4.69, 9.17) is 19.7 Å². The number of nitrogen functional groups attached to an aromatic ring is 1. The molecule has 88 valence electrons. The molecule has 0 bridgehead atoms. The molecule has 2 aromatic rings. The Morgan fingerprint density at radius 3 is 2.82 bits per heavy atom. The van der Waals surface area contributed by atoms with Gasteiger partial charge in [-0.2, -0.15) is 0 Å². The normalized spacial score (nSPS) is 13.7. The zero-order chi connectivity index (χ0) is 11.8. The molecular formula is C12H12N2O3. The van der Waals surface area contributed by atoms with Crippen LogP contribution in [0.15, 0.2) is 22.7 Å². The first-order valence-electron chi connectivity index (χ1n) is 5.37. The molecule has 1 aromatic heterocycles.